The maximum absolute atomic E-state index is 5.48. The molecule has 0 heterocycles. The molecule has 0 spiro atoms. The van der Waals surface area contributed by atoms with Crippen LogP contribution in [-0.2, 0) is 0 Å². The number of methoxy groups -OCH3 is 1. The van der Waals surface area contributed by atoms with E-state index in [1.54, 1.807) is 7.11 Å². The van der Waals surface area contributed by atoms with Crippen molar-refractivity contribution in [3.8, 4) is 5.75 Å². The van der Waals surface area contributed by atoms with Crippen molar-refractivity contribution in [3.63, 3.8) is 0 Å². The van der Waals surface area contributed by atoms with Crippen molar-refractivity contribution in [3.05, 3.63) is 57.1 Å². The Balaban J connectivity index is 0.00000338. The number of hydrogen-bond donors (Lipinski definition) is 1. The molecule has 3 heteroatoms. The number of halogens is 1. The zero-order valence-corrected chi connectivity index (χ0v) is 19.8. The lowest BCUT2D eigenvalue weighted by Crippen LogP contribution is -3.00. The van der Waals surface area contributed by atoms with Crippen molar-refractivity contribution in [2.24, 2.45) is 0 Å². The smallest absolute Gasteiger partial charge is 0.204 e. The first-order chi connectivity index (χ1) is 11.7. The van der Waals surface area contributed by atoms with Crippen LogP contribution >= 0.6 is 0 Å². The van der Waals surface area contributed by atoms with Gasteiger partial charge in [-0.15, -0.1) is 0 Å². The molecule has 26 heavy (non-hydrogen) atoms. The van der Waals surface area contributed by atoms with Gasteiger partial charge < -0.3 is 28.7 Å². The molecule has 142 valence electrons. The van der Waals surface area contributed by atoms with Crippen LogP contribution in [0.3, 0.4) is 0 Å². The van der Waals surface area contributed by atoms with Crippen LogP contribution in [-0.4, -0.2) is 12.8 Å². The standard InChI is InChI=1S/C23H31NO.HI/c1-13(2)21-12-14(3)17(6)18(7)22(21)19(8)24-20-10-15(4)23(25-9)16(5)11-20;/h10-13H,1-9H3;1H. The highest BCUT2D eigenvalue weighted by Crippen LogP contribution is 2.28. The van der Waals surface area contributed by atoms with E-state index in [-0.39, 0.29) is 24.0 Å². The Morgan fingerprint density at radius 3 is 1.88 bits per heavy atom. The fraction of sp³-hybridized carbons (Fsp3) is 0.435. The molecule has 2 rings (SSSR count). The van der Waals surface area contributed by atoms with Gasteiger partial charge in [0.1, 0.15) is 5.75 Å². The average Bonchev–Trinajstić information content (AvgIpc) is 2.51. The summed E-state index contributed by atoms with van der Waals surface area (Å²) in [5.41, 5.74) is 11.5. The normalized spacial score (nSPS) is 11.5. The molecule has 0 aromatic heterocycles. The zero-order chi connectivity index (χ0) is 18.9. The van der Waals surface area contributed by atoms with Crippen LogP contribution < -0.4 is 33.7 Å². The zero-order valence-electron chi connectivity index (χ0n) is 17.6. The fourth-order valence-corrected chi connectivity index (χ4v) is 3.69. The highest BCUT2D eigenvalue weighted by atomic mass is 127. The van der Waals surface area contributed by atoms with E-state index in [0.29, 0.717) is 5.92 Å². The Labute approximate surface area is 176 Å². The van der Waals surface area contributed by atoms with Crippen LogP contribution in [0.2, 0.25) is 0 Å². The van der Waals surface area contributed by atoms with Gasteiger partial charge in [-0.05, 0) is 73.9 Å². The van der Waals surface area contributed by atoms with E-state index in [4.69, 9.17) is 4.74 Å². The highest BCUT2D eigenvalue weighted by molar-refractivity contribution is 5.98. The van der Waals surface area contributed by atoms with Crippen molar-refractivity contribution in [2.75, 3.05) is 7.11 Å². The van der Waals surface area contributed by atoms with Crippen molar-refractivity contribution in [2.45, 2.75) is 61.3 Å². The van der Waals surface area contributed by atoms with Crippen molar-refractivity contribution in [1.82, 2.24) is 0 Å². The molecule has 2 nitrogen and oxygen atoms in total. The first kappa shape index (κ1) is 22.7. The van der Waals surface area contributed by atoms with Gasteiger partial charge in [0.15, 0.2) is 5.71 Å². The van der Waals surface area contributed by atoms with E-state index in [2.05, 4.69) is 78.6 Å². The van der Waals surface area contributed by atoms with Crippen molar-refractivity contribution >= 4 is 11.4 Å². The quantitative estimate of drug-likeness (QED) is 0.538. The molecule has 0 fully saturated rings. The molecule has 0 aliphatic heterocycles. The van der Waals surface area contributed by atoms with E-state index >= 15 is 0 Å². The number of nitrogens with one attached hydrogen (secondary N) is 1. The minimum atomic E-state index is 0. The maximum Gasteiger partial charge on any atom is 0.204 e. The Kier molecular flexibility index (Phi) is 7.87. The van der Waals surface area contributed by atoms with Gasteiger partial charge in [-0.25, -0.2) is 4.99 Å². The summed E-state index contributed by atoms with van der Waals surface area (Å²) in [6, 6.07) is 6.65. The molecule has 0 aliphatic carbocycles. The second-order valence-corrected chi connectivity index (χ2v) is 7.46. The van der Waals surface area contributed by atoms with Gasteiger partial charge in [-0.1, -0.05) is 19.9 Å². The van der Waals surface area contributed by atoms with Gasteiger partial charge in [-0.2, -0.15) is 0 Å². The molecule has 0 unspecified atom stereocenters. The Morgan fingerprint density at radius 2 is 1.42 bits per heavy atom. The van der Waals surface area contributed by atoms with Gasteiger partial charge in [0, 0.05) is 24.6 Å². The first-order valence-electron chi connectivity index (χ1n) is 9.04. The molecule has 0 radical (unpaired) electrons. The topological polar surface area (TPSA) is 23.2 Å². The van der Waals surface area contributed by atoms with Gasteiger partial charge in [-0.3, -0.25) is 0 Å². The predicted octanol–water partition coefficient (Wildman–Crippen LogP) is 1.59. The predicted molar refractivity (Wildman–Crippen MR) is 108 cm³/mol. The lowest BCUT2D eigenvalue weighted by molar-refractivity contribution is -0.353. The van der Waals surface area contributed by atoms with E-state index < -0.39 is 0 Å². The molecule has 1 N–H and O–H groups in total. The third-order valence-corrected chi connectivity index (χ3v) is 5.18. The summed E-state index contributed by atoms with van der Waals surface area (Å²) in [7, 11) is 1.73. The number of hydrogen-bond acceptors (Lipinski definition) is 1. The summed E-state index contributed by atoms with van der Waals surface area (Å²) in [5.74, 6) is 1.46. The summed E-state index contributed by atoms with van der Waals surface area (Å²) in [5, 5.41) is 0. The van der Waals surface area contributed by atoms with E-state index in [1.807, 2.05) is 0 Å². The Hall–Kier alpha value is -1.36. The molecular weight excluding hydrogens is 433 g/mol. The second kappa shape index (κ2) is 9.03. The summed E-state index contributed by atoms with van der Waals surface area (Å²) >= 11 is 0. The number of rotatable bonds is 4. The number of benzene rings is 2. The second-order valence-electron chi connectivity index (χ2n) is 7.46. The van der Waals surface area contributed by atoms with Crippen molar-refractivity contribution in [1.29, 1.82) is 0 Å². The van der Waals surface area contributed by atoms with Gasteiger partial charge in [0.25, 0.3) is 0 Å². The van der Waals surface area contributed by atoms with Crippen LogP contribution in [0.15, 0.2) is 18.2 Å². The minimum absolute atomic E-state index is 0. The summed E-state index contributed by atoms with van der Waals surface area (Å²) in [6.45, 7) is 17.5. The largest absolute Gasteiger partial charge is 1.00 e. The molecule has 0 aliphatic rings. The van der Waals surface area contributed by atoms with E-state index in [9.17, 15) is 0 Å². The van der Waals surface area contributed by atoms with Gasteiger partial charge in [0.05, 0.1) is 7.11 Å². The molecular formula is C23H32INO. The molecule has 2 aromatic carbocycles. The Morgan fingerprint density at radius 1 is 0.885 bits per heavy atom. The van der Waals surface area contributed by atoms with Crippen LogP contribution in [0.1, 0.15) is 65.6 Å². The lowest BCUT2D eigenvalue weighted by atomic mass is 9.86. The number of ether oxygens (including phenoxy) is 1. The number of aryl methyl sites for hydroxylation is 3. The fourth-order valence-electron chi connectivity index (χ4n) is 3.69. The van der Waals surface area contributed by atoms with E-state index in [1.165, 1.54) is 33.5 Å². The van der Waals surface area contributed by atoms with Gasteiger partial charge >= 0.3 is 0 Å². The monoisotopic (exact) mass is 465 g/mol. The summed E-state index contributed by atoms with van der Waals surface area (Å²) in [4.78, 5) is 3.64. The summed E-state index contributed by atoms with van der Waals surface area (Å²) < 4.78 is 5.48. The highest BCUT2D eigenvalue weighted by Gasteiger charge is 2.19. The van der Waals surface area contributed by atoms with E-state index in [0.717, 1.165) is 22.6 Å². The average molecular weight is 465 g/mol. The summed E-state index contributed by atoms with van der Waals surface area (Å²) in [6.07, 6.45) is 0. The van der Waals surface area contributed by atoms with Crippen LogP contribution in [0, 0.1) is 34.6 Å². The molecule has 0 bridgehead atoms. The van der Waals surface area contributed by atoms with Crippen molar-refractivity contribution < 1.29 is 33.7 Å². The molecule has 2 aromatic rings. The third-order valence-electron chi connectivity index (χ3n) is 5.18. The van der Waals surface area contributed by atoms with Crippen LogP contribution in [0.5, 0.6) is 5.75 Å². The molecule has 0 amide bonds. The lowest BCUT2D eigenvalue weighted by Gasteiger charge is -2.17. The Bertz CT molecular complexity index is 812. The molecule has 0 saturated heterocycles. The maximum atomic E-state index is 5.48. The van der Waals surface area contributed by atoms with Gasteiger partial charge in [0.2, 0.25) is 5.69 Å². The van der Waals surface area contributed by atoms with Crippen LogP contribution in [0.4, 0.5) is 5.69 Å². The molecule has 0 atom stereocenters. The third kappa shape index (κ3) is 4.48. The van der Waals surface area contributed by atoms with Crippen LogP contribution in [0.25, 0.3) is 0 Å². The minimum Gasteiger partial charge on any atom is -1.00 e. The SMILES string of the molecule is COc1c(C)cc([NH+]=C(C)c2c(C(C)C)cc(C)c(C)c2C)cc1C.[I-]. The first-order valence-corrected chi connectivity index (χ1v) is 9.04. The molecule has 0 saturated carbocycles.